The van der Waals surface area contributed by atoms with Crippen LogP contribution >= 0.6 is 0 Å². The Balaban J connectivity index is 2.18. The van der Waals surface area contributed by atoms with E-state index in [0.29, 0.717) is 6.54 Å². The number of carbonyl (C=O) groups is 1. The zero-order valence-electron chi connectivity index (χ0n) is 10.1. The number of rotatable bonds is 5. The molecule has 0 spiro atoms. The molecule has 4 nitrogen and oxygen atoms in total. The van der Waals surface area contributed by atoms with Crippen molar-refractivity contribution in [2.24, 2.45) is 0 Å². The highest BCUT2D eigenvalue weighted by atomic mass is 19.3. The van der Waals surface area contributed by atoms with Gasteiger partial charge >= 0.3 is 0 Å². The van der Waals surface area contributed by atoms with Gasteiger partial charge < -0.3 is 15.0 Å². The van der Waals surface area contributed by atoms with E-state index in [2.05, 4.69) is 5.32 Å². The number of ether oxygens (including phenoxy) is 1. The highest BCUT2D eigenvalue weighted by molar-refractivity contribution is 5.87. The van der Waals surface area contributed by atoms with Gasteiger partial charge in [-0.15, -0.1) is 0 Å². The Kier molecular flexibility index (Phi) is 5.02. The van der Waals surface area contributed by atoms with Gasteiger partial charge in [0.05, 0.1) is 6.10 Å². The van der Waals surface area contributed by atoms with Crippen molar-refractivity contribution in [1.82, 2.24) is 10.2 Å². The third-order valence-corrected chi connectivity index (χ3v) is 2.30. The number of hydrogen-bond acceptors (Lipinski definition) is 3. The molecule has 1 N–H and O–H groups in total. The van der Waals surface area contributed by atoms with Crippen molar-refractivity contribution < 1.29 is 18.3 Å². The summed E-state index contributed by atoms with van der Waals surface area (Å²) in [6, 6.07) is 0. The van der Waals surface area contributed by atoms with Crippen molar-refractivity contribution in [3.05, 3.63) is 12.2 Å². The van der Waals surface area contributed by atoms with E-state index in [-0.39, 0.29) is 18.9 Å². The molecule has 1 heterocycles. The fraction of sp³-hybridized carbons (Fsp3) is 0.727. The number of carbonyl (C=O) groups excluding carboxylic acids is 1. The van der Waals surface area contributed by atoms with Crippen LogP contribution in [0.3, 0.4) is 0 Å². The molecule has 0 aromatic heterocycles. The second-order valence-electron chi connectivity index (χ2n) is 4.40. The predicted octanol–water partition coefficient (Wildman–Crippen LogP) is 0.645. The fourth-order valence-electron chi connectivity index (χ4n) is 1.47. The van der Waals surface area contributed by atoms with Gasteiger partial charge in [0.1, 0.15) is 6.61 Å². The minimum absolute atomic E-state index is 0.126. The Hall–Kier alpha value is -1.01. The normalized spacial score (nSPS) is 23.5. The van der Waals surface area contributed by atoms with E-state index in [1.54, 1.807) is 6.08 Å². The maximum Gasteiger partial charge on any atom is 0.273 e. The van der Waals surface area contributed by atoms with Crippen LogP contribution in [0.1, 0.15) is 6.42 Å². The van der Waals surface area contributed by atoms with E-state index in [1.165, 1.54) is 6.08 Å². The van der Waals surface area contributed by atoms with E-state index < -0.39 is 18.6 Å². The molecular formula is C11H18F2N2O2. The average Bonchev–Trinajstić information content (AvgIpc) is 2.55. The average molecular weight is 248 g/mol. The molecule has 1 unspecified atom stereocenters. The van der Waals surface area contributed by atoms with Crippen molar-refractivity contribution in [2.45, 2.75) is 18.4 Å². The number of hydrogen-bond donors (Lipinski definition) is 1. The summed E-state index contributed by atoms with van der Waals surface area (Å²) in [5.74, 6) is -3.04. The summed E-state index contributed by atoms with van der Waals surface area (Å²) in [4.78, 5) is 13.2. The summed E-state index contributed by atoms with van der Waals surface area (Å²) in [6.07, 6.45) is 2.19. The third-order valence-electron chi connectivity index (χ3n) is 2.30. The molecule has 0 aromatic rings. The van der Waals surface area contributed by atoms with Gasteiger partial charge in [0.15, 0.2) is 0 Å². The SMILES string of the molecule is CN(C)C/C=C/C(=O)NCC1CC(F)(F)CO1. The molecule has 0 saturated carbocycles. The Morgan fingerprint density at radius 1 is 1.59 bits per heavy atom. The molecule has 98 valence electrons. The largest absolute Gasteiger partial charge is 0.370 e. The summed E-state index contributed by atoms with van der Waals surface area (Å²) >= 11 is 0. The predicted molar refractivity (Wildman–Crippen MR) is 60.0 cm³/mol. The molecule has 1 rings (SSSR count). The third kappa shape index (κ3) is 5.74. The van der Waals surface area contributed by atoms with Crippen molar-refractivity contribution in [2.75, 3.05) is 33.8 Å². The Labute approximate surface area is 99.6 Å². The smallest absolute Gasteiger partial charge is 0.273 e. The van der Waals surface area contributed by atoms with E-state index in [4.69, 9.17) is 4.74 Å². The summed E-state index contributed by atoms with van der Waals surface area (Å²) < 4.78 is 30.4. The Morgan fingerprint density at radius 2 is 2.29 bits per heavy atom. The van der Waals surface area contributed by atoms with Crippen LogP contribution in [0, 0.1) is 0 Å². The topological polar surface area (TPSA) is 41.6 Å². The molecule has 1 amide bonds. The van der Waals surface area contributed by atoms with Crippen LogP contribution in [0.5, 0.6) is 0 Å². The van der Waals surface area contributed by atoms with Crippen LogP contribution in [0.2, 0.25) is 0 Å². The summed E-state index contributed by atoms with van der Waals surface area (Å²) in [6.45, 7) is 0.232. The molecule has 1 aliphatic heterocycles. The van der Waals surface area contributed by atoms with Crippen LogP contribution in [-0.4, -0.2) is 56.6 Å². The zero-order valence-corrected chi connectivity index (χ0v) is 10.1. The first-order valence-corrected chi connectivity index (χ1v) is 5.47. The lowest BCUT2D eigenvalue weighted by Gasteiger charge is -2.09. The van der Waals surface area contributed by atoms with Gasteiger partial charge in [-0.25, -0.2) is 8.78 Å². The maximum atomic E-state index is 12.8. The Bertz CT molecular complexity index is 293. The zero-order chi connectivity index (χ0) is 12.9. The second kappa shape index (κ2) is 6.07. The lowest BCUT2D eigenvalue weighted by Crippen LogP contribution is -2.31. The number of likely N-dealkylation sites (N-methyl/N-ethyl adjacent to an activating group) is 1. The first kappa shape index (κ1) is 14.1. The van der Waals surface area contributed by atoms with Crippen LogP contribution in [0.4, 0.5) is 8.78 Å². The van der Waals surface area contributed by atoms with Crippen molar-refractivity contribution in [3.8, 4) is 0 Å². The molecule has 0 bridgehead atoms. The standard InChI is InChI=1S/C11H18F2N2O2/c1-15(2)5-3-4-10(16)14-7-9-6-11(12,13)8-17-9/h3-4,9H,5-8H2,1-2H3,(H,14,16)/b4-3+. The van der Waals surface area contributed by atoms with E-state index in [0.717, 1.165) is 0 Å². The van der Waals surface area contributed by atoms with Crippen molar-refractivity contribution in [3.63, 3.8) is 0 Å². The molecule has 1 fully saturated rings. The molecule has 0 aliphatic carbocycles. The molecule has 0 aromatic carbocycles. The number of nitrogens with zero attached hydrogens (tertiary/aromatic N) is 1. The molecule has 0 radical (unpaired) electrons. The van der Waals surface area contributed by atoms with Crippen LogP contribution in [0.25, 0.3) is 0 Å². The first-order chi connectivity index (χ1) is 7.89. The van der Waals surface area contributed by atoms with E-state index in [9.17, 15) is 13.6 Å². The number of halogens is 2. The molecule has 1 atom stereocenters. The summed E-state index contributed by atoms with van der Waals surface area (Å²) in [5, 5.41) is 2.53. The van der Waals surface area contributed by atoms with Gasteiger partial charge in [0.2, 0.25) is 5.91 Å². The van der Waals surface area contributed by atoms with Gasteiger partial charge in [-0.3, -0.25) is 4.79 Å². The summed E-state index contributed by atoms with van der Waals surface area (Å²) in [5.41, 5.74) is 0. The second-order valence-corrected chi connectivity index (χ2v) is 4.40. The molecule has 17 heavy (non-hydrogen) atoms. The number of nitrogens with one attached hydrogen (secondary N) is 1. The highest BCUT2D eigenvalue weighted by Gasteiger charge is 2.40. The minimum atomic E-state index is -2.75. The van der Waals surface area contributed by atoms with Gasteiger partial charge in [-0.05, 0) is 14.1 Å². The highest BCUT2D eigenvalue weighted by Crippen LogP contribution is 2.28. The number of alkyl halides is 2. The van der Waals surface area contributed by atoms with Crippen molar-refractivity contribution in [1.29, 1.82) is 0 Å². The quantitative estimate of drug-likeness (QED) is 0.726. The minimum Gasteiger partial charge on any atom is -0.370 e. The van der Waals surface area contributed by atoms with E-state index in [1.807, 2.05) is 19.0 Å². The Morgan fingerprint density at radius 3 is 2.82 bits per heavy atom. The molecule has 6 heteroatoms. The lowest BCUT2D eigenvalue weighted by molar-refractivity contribution is -0.117. The van der Waals surface area contributed by atoms with Crippen molar-refractivity contribution >= 4 is 5.91 Å². The lowest BCUT2D eigenvalue weighted by atomic mass is 10.2. The number of amides is 1. The maximum absolute atomic E-state index is 12.8. The van der Waals surface area contributed by atoms with Crippen LogP contribution < -0.4 is 5.32 Å². The molecule has 1 aliphatic rings. The van der Waals surface area contributed by atoms with E-state index >= 15 is 0 Å². The molecular weight excluding hydrogens is 230 g/mol. The van der Waals surface area contributed by atoms with Crippen LogP contribution in [-0.2, 0) is 9.53 Å². The molecule has 1 saturated heterocycles. The summed E-state index contributed by atoms with van der Waals surface area (Å²) in [7, 11) is 3.77. The van der Waals surface area contributed by atoms with Gasteiger partial charge in [0, 0.05) is 25.6 Å². The van der Waals surface area contributed by atoms with Gasteiger partial charge in [0.25, 0.3) is 5.92 Å². The monoisotopic (exact) mass is 248 g/mol. The van der Waals surface area contributed by atoms with Gasteiger partial charge in [-0.1, -0.05) is 6.08 Å². The fourth-order valence-corrected chi connectivity index (χ4v) is 1.47. The van der Waals surface area contributed by atoms with Gasteiger partial charge in [-0.2, -0.15) is 0 Å². The van der Waals surface area contributed by atoms with Crippen LogP contribution in [0.15, 0.2) is 12.2 Å². The first-order valence-electron chi connectivity index (χ1n) is 5.47.